The molecule has 5 atom stereocenters. The molecule has 0 fully saturated rings. The van der Waals surface area contributed by atoms with Crippen molar-refractivity contribution in [2.75, 3.05) is 6.54 Å². The molecule has 5 unspecified atom stereocenters. The van der Waals surface area contributed by atoms with Gasteiger partial charge in [-0.25, -0.2) is 4.79 Å². The molecular formula is C20H39N5O6. The minimum absolute atomic E-state index is 0.126. The van der Waals surface area contributed by atoms with Crippen LogP contribution >= 0.6 is 0 Å². The first-order valence-electron chi connectivity index (χ1n) is 10.6. The van der Waals surface area contributed by atoms with Crippen LogP contribution < -0.4 is 27.4 Å². The zero-order chi connectivity index (χ0) is 24.3. The number of nitrogens with two attached hydrogens (primary N) is 2. The number of rotatable bonds is 14. The smallest absolute Gasteiger partial charge is 0.328 e. The van der Waals surface area contributed by atoms with Gasteiger partial charge in [0, 0.05) is 0 Å². The van der Waals surface area contributed by atoms with Crippen molar-refractivity contribution in [2.24, 2.45) is 23.3 Å². The number of unbranched alkanes of at least 4 members (excludes halogenated alkanes) is 1. The summed E-state index contributed by atoms with van der Waals surface area (Å²) in [5, 5.41) is 26.3. The molecule has 180 valence electrons. The highest BCUT2D eigenvalue weighted by Gasteiger charge is 2.32. The predicted molar refractivity (Wildman–Crippen MR) is 116 cm³/mol. The number of hydrogen-bond acceptors (Lipinski definition) is 7. The quantitative estimate of drug-likeness (QED) is 0.160. The van der Waals surface area contributed by atoms with E-state index in [2.05, 4.69) is 16.0 Å². The number of carbonyl (C=O) groups excluding carboxylic acids is 3. The normalized spacial score (nSPS) is 16.2. The number of hydrogen-bond donors (Lipinski definition) is 7. The number of carboxylic acid groups (broad SMARTS) is 1. The van der Waals surface area contributed by atoms with Crippen molar-refractivity contribution in [2.45, 2.75) is 84.2 Å². The lowest BCUT2D eigenvalue weighted by Crippen LogP contribution is -2.59. The van der Waals surface area contributed by atoms with E-state index in [4.69, 9.17) is 11.5 Å². The molecule has 0 bridgehead atoms. The number of aliphatic carboxylic acids is 1. The summed E-state index contributed by atoms with van der Waals surface area (Å²) >= 11 is 0. The van der Waals surface area contributed by atoms with Gasteiger partial charge < -0.3 is 37.6 Å². The zero-order valence-electron chi connectivity index (χ0n) is 19.1. The van der Waals surface area contributed by atoms with Crippen LogP contribution in [0.1, 0.15) is 53.9 Å². The highest BCUT2D eigenvalue weighted by Crippen LogP contribution is 2.08. The van der Waals surface area contributed by atoms with E-state index in [9.17, 15) is 29.4 Å². The molecule has 3 amide bonds. The van der Waals surface area contributed by atoms with Gasteiger partial charge in [0.25, 0.3) is 0 Å². The second-order valence-electron chi connectivity index (χ2n) is 8.41. The lowest BCUT2D eigenvalue weighted by atomic mass is 9.99. The van der Waals surface area contributed by atoms with Crippen LogP contribution in [0.4, 0.5) is 0 Å². The van der Waals surface area contributed by atoms with E-state index in [1.807, 2.05) is 0 Å². The number of carbonyl (C=O) groups is 4. The Labute approximate surface area is 183 Å². The summed E-state index contributed by atoms with van der Waals surface area (Å²) in [7, 11) is 0. The van der Waals surface area contributed by atoms with E-state index >= 15 is 0 Å². The number of aliphatic hydroxyl groups is 1. The van der Waals surface area contributed by atoms with Crippen molar-refractivity contribution in [1.82, 2.24) is 16.0 Å². The molecule has 0 aromatic carbocycles. The summed E-state index contributed by atoms with van der Waals surface area (Å²) < 4.78 is 0. The molecule has 0 saturated heterocycles. The molecule has 0 aliphatic heterocycles. The third kappa shape index (κ3) is 10.1. The van der Waals surface area contributed by atoms with E-state index in [-0.39, 0.29) is 18.3 Å². The standard InChI is InChI=1S/C20H39N5O6/c1-10(2)14(22)18(28)24-15(11(3)4)19(29)23-13(8-6-7-9-21)17(27)25-16(12(5)26)20(30)31/h10-16,26H,6-9,21-22H2,1-5H3,(H,23,29)(H,24,28)(H,25,27)(H,30,31). The van der Waals surface area contributed by atoms with Gasteiger partial charge in [-0.2, -0.15) is 0 Å². The Kier molecular flexibility index (Phi) is 12.9. The summed E-state index contributed by atoms with van der Waals surface area (Å²) in [6, 6.07) is -4.31. The van der Waals surface area contributed by atoms with E-state index in [0.29, 0.717) is 19.4 Å². The Morgan fingerprint density at radius 3 is 1.77 bits per heavy atom. The zero-order valence-corrected chi connectivity index (χ0v) is 19.1. The van der Waals surface area contributed by atoms with Crippen molar-refractivity contribution < 1.29 is 29.4 Å². The molecule has 0 rings (SSSR count). The molecule has 0 saturated carbocycles. The molecule has 9 N–H and O–H groups in total. The molecule has 11 heteroatoms. The Morgan fingerprint density at radius 1 is 0.806 bits per heavy atom. The highest BCUT2D eigenvalue weighted by molar-refractivity contribution is 5.94. The number of nitrogens with one attached hydrogen (secondary N) is 3. The van der Waals surface area contributed by atoms with E-state index in [1.54, 1.807) is 27.7 Å². The number of amides is 3. The predicted octanol–water partition coefficient (Wildman–Crippen LogP) is -1.33. The van der Waals surface area contributed by atoms with Gasteiger partial charge in [-0.3, -0.25) is 14.4 Å². The van der Waals surface area contributed by atoms with Crippen LogP contribution in [0.2, 0.25) is 0 Å². The Hall–Kier alpha value is -2.24. The third-order valence-electron chi connectivity index (χ3n) is 4.89. The van der Waals surface area contributed by atoms with Gasteiger partial charge in [0.05, 0.1) is 12.1 Å². The van der Waals surface area contributed by atoms with Crippen molar-refractivity contribution in [3.63, 3.8) is 0 Å². The Balaban J connectivity index is 5.44. The third-order valence-corrected chi connectivity index (χ3v) is 4.89. The summed E-state index contributed by atoms with van der Waals surface area (Å²) in [6.45, 7) is 8.68. The maximum Gasteiger partial charge on any atom is 0.328 e. The molecule has 0 aromatic rings. The molecule has 0 heterocycles. The van der Waals surface area contributed by atoms with Crippen molar-refractivity contribution in [1.29, 1.82) is 0 Å². The van der Waals surface area contributed by atoms with E-state index in [1.165, 1.54) is 6.92 Å². The Morgan fingerprint density at radius 2 is 1.35 bits per heavy atom. The fraction of sp³-hybridized carbons (Fsp3) is 0.800. The van der Waals surface area contributed by atoms with Crippen LogP contribution in [0.3, 0.4) is 0 Å². The van der Waals surface area contributed by atoms with Crippen molar-refractivity contribution in [3.8, 4) is 0 Å². The molecule has 11 nitrogen and oxygen atoms in total. The summed E-state index contributed by atoms with van der Waals surface area (Å²) in [6.07, 6.45) is -0.00265. The van der Waals surface area contributed by atoms with Gasteiger partial charge in [-0.05, 0) is 44.6 Å². The lowest BCUT2D eigenvalue weighted by Gasteiger charge is -2.28. The highest BCUT2D eigenvalue weighted by atomic mass is 16.4. The van der Waals surface area contributed by atoms with Crippen molar-refractivity contribution in [3.05, 3.63) is 0 Å². The van der Waals surface area contributed by atoms with Crippen molar-refractivity contribution >= 4 is 23.7 Å². The maximum absolute atomic E-state index is 12.9. The minimum Gasteiger partial charge on any atom is -0.480 e. The molecule has 0 aromatic heterocycles. The topological polar surface area (TPSA) is 197 Å². The molecular weight excluding hydrogens is 406 g/mol. The number of carboxylic acids is 1. The number of aliphatic hydroxyl groups excluding tert-OH is 1. The summed E-state index contributed by atoms with van der Waals surface area (Å²) in [5.41, 5.74) is 11.3. The van der Waals surface area contributed by atoms with Gasteiger partial charge in [0.15, 0.2) is 6.04 Å². The molecule has 0 radical (unpaired) electrons. The van der Waals surface area contributed by atoms with Gasteiger partial charge in [-0.15, -0.1) is 0 Å². The summed E-state index contributed by atoms with van der Waals surface area (Å²) in [5.74, 6) is -3.62. The van der Waals surface area contributed by atoms with Crippen LogP contribution in [0.25, 0.3) is 0 Å². The maximum atomic E-state index is 12.9. The largest absolute Gasteiger partial charge is 0.480 e. The molecule has 0 spiro atoms. The molecule has 0 aliphatic carbocycles. The van der Waals surface area contributed by atoms with Gasteiger partial charge in [-0.1, -0.05) is 27.7 Å². The first kappa shape index (κ1) is 28.8. The van der Waals surface area contributed by atoms with Crippen LogP contribution in [0, 0.1) is 11.8 Å². The van der Waals surface area contributed by atoms with Crippen LogP contribution in [0.5, 0.6) is 0 Å². The summed E-state index contributed by atoms with van der Waals surface area (Å²) in [4.78, 5) is 49.2. The van der Waals surface area contributed by atoms with Gasteiger partial charge >= 0.3 is 5.97 Å². The SMILES string of the molecule is CC(C)C(N)C(=O)NC(C(=O)NC(CCCCN)C(=O)NC(C(=O)O)C(C)O)C(C)C. The second kappa shape index (κ2) is 13.9. The average molecular weight is 446 g/mol. The molecule has 0 aliphatic rings. The fourth-order valence-corrected chi connectivity index (χ4v) is 2.75. The van der Waals surface area contributed by atoms with Gasteiger partial charge in [0.2, 0.25) is 17.7 Å². The Bertz CT molecular complexity index is 611. The minimum atomic E-state index is -1.52. The van der Waals surface area contributed by atoms with E-state index in [0.717, 1.165) is 0 Å². The monoisotopic (exact) mass is 445 g/mol. The average Bonchev–Trinajstić information content (AvgIpc) is 2.67. The van der Waals surface area contributed by atoms with Crippen LogP contribution in [-0.4, -0.2) is 70.7 Å². The first-order chi connectivity index (χ1) is 14.3. The second-order valence-corrected chi connectivity index (χ2v) is 8.41. The molecule has 31 heavy (non-hydrogen) atoms. The lowest BCUT2D eigenvalue weighted by molar-refractivity contribution is -0.145. The van der Waals surface area contributed by atoms with Crippen LogP contribution in [0.15, 0.2) is 0 Å². The van der Waals surface area contributed by atoms with E-state index < -0.39 is 54.0 Å². The van der Waals surface area contributed by atoms with Crippen LogP contribution in [-0.2, 0) is 19.2 Å². The first-order valence-corrected chi connectivity index (χ1v) is 10.6. The fourth-order valence-electron chi connectivity index (χ4n) is 2.75. The van der Waals surface area contributed by atoms with Gasteiger partial charge in [0.1, 0.15) is 12.1 Å².